The van der Waals surface area contributed by atoms with Gasteiger partial charge in [0, 0.05) is 29.7 Å². The summed E-state index contributed by atoms with van der Waals surface area (Å²) >= 11 is 0. The Balaban J connectivity index is 1.86. The number of aromatic nitrogens is 6. The molecule has 0 radical (unpaired) electrons. The summed E-state index contributed by atoms with van der Waals surface area (Å²) in [6.07, 6.45) is 1.30. The van der Waals surface area contributed by atoms with E-state index in [1.807, 2.05) is 0 Å². The van der Waals surface area contributed by atoms with Gasteiger partial charge in [0.05, 0.1) is 11.4 Å². The van der Waals surface area contributed by atoms with Crippen molar-refractivity contribution >= 4 is 5.78 Å². The molecule has 0 bridgehead atoms. The molecule has 9 heteroatoms. The Hall–Kier alpha value is -3.36. The summed E-state index contributed by atoms with van der Waals surface area (Å²) in [6, 6.07) is 7.58. The lowest BCUT2D eigenvalue weighted by Crippen LogP contribution is -2.07. The molecule has 6 nitrogen and oxygen atoms in total. The molecule has 0 N–H and O–H groups in total. The van der Waals surface area contributed by atoms with E-state index in [-0.39, 0.29) is 0 Å². The zero-order valence-electron chi connectivity index (χ0n) is 12.5. The Kier molecular flexibility index (Phi) is 3.41. The summed E-state index contributed by atoms with van der Waals surface area (Å²) in [6.45, 7) is 0. The highest BCUT2D eigenvalue weighted by molar-refractivity contribution is 5.69. The van der Waals surface area contributed by atoms with Crippen LogP contribution in [0.1, 0.15) is 5.69 Å². The quantitative estimate of drug-likeness (QED) is 0.559. The molecule has 0 spiro atoms. The number of pyridine rings is 2. The lowest BCUT2D eigenvalue weighted by molar-refractivity contribution is -0.141. The minimum absolute atomic E-state index is 0.337. The van der Waals surface area contributed by atoms with Crippen LogP contribution in [-0.4, -0.2) is 29.5 Å². The molecule has 0 atom stereocenters. The van der Waals surface area contributed by atoms with Crippen molar-refractivity contribution in [3.05, 3.63) is 60.9 Å². The van der Waals surface area contributed by atoms with Crippen LogP contribution in [-0.2, 0) is 6.18 Å². The first-order valence-corrected chi connectivity index (χ1v) is 7.17. The molecule has 124 valence electrons. The third-order valence-corrected chi connectivity index (χ3v) is 3.58. The molecule has 4 rings (SSSR count). The van der Waals surface area contributed by atoms with Crippen LogP contribution in [0.3, 0.4) is 0 Å². The van der Waals surface area contributed by atoms with Gasteiger partial charge in [-0.25, -0.2) is 4.98 Å². The van der Waals surface area contributed by atoms with E-state index in [4.69, 9.17) is 0 Å². The maximum Gasteiger partial charge on any atom is 0.433 e. The summed E-state index contributed by atoms with van der Waals surface area (Å²) in [7, 11) is 0. The van der Waals surface area contributed by atoms with Crippen LogP contribution in [0.15, 0.2) is 55.2 Å². The number of halogens is 3. The third kappa shape index (κ3) is 2.80. The monoisotopic (exact) mass is 342 g/mol. The summed E-state index contributed by atoms with van der Waals surface area (Å²) < 4.78 is 39.6. The zero-order chi connectivity index (χ0) is 17.4. The zero-order valence-corrected chi connectivity index (χ0v) is 12.5. The first-order chi connectivity index (χ1) is 12.0. The van der Waals surface area contributed by atoms with Gasteiger partial charge in [-0.05, 0) is 30.3 Å². The van der Waals surface area contributed by atoms with Crippen molar-refractivity contribution in [3.8, 4) is 22.5 Å². The average Bonchev–Trinajstić information content (AvgIpc) is 3.09. The van der Waals surface area contributed by atoms with E-state index in [0.717, 1.165) is 17.8 Å². The van der Waals surface area contributed by atoms with E-state index < -0.39 is 11.9 Å². The second-order valence-electron chi connectivity index (χ2n) is 5.16. The van der Waals surface area contributed by atoms with Crippen LogP contribution in [0.25, 0.3) is 28.3 Å². The standard InChI is InChI=1S/C16H9F3N6/c17-16(18,19)14-2-1-11(8-21-14)12-7-13(10-3-5-20-6-4-10)25-15(24-12)22-9-23-25/h1-9H. The minimum atomic E-state index is -4.48. The van der Waals surface area contributed by atoms with Gasteiger partial charge in [-0.15, -0.1) is 0 Å². The van der Waals surface area contributed by atoms with Gasteiger partial charge >= 0.3 is 6.18 Å². The number of alkyl halides is 3. The molecule has 4 heterocycles. The van der Waals surface area contributed by atoms with Crippen molar-refractivity contribution in [3.63, 3.8) is 0 Å². The molecule has 0 unspecified atom stereocenters. The highest BCUT2D eigenvalue weighted by Crippen LogP contribution is 2.29. The van der Waals surface area contributed by atoms with Crippen LogP contribution < -0.4 is 0 Å². The Morgan fingerprint density at radius 1 is 0.920 bits per heavy atom. The lowest BCUT2D eigenvalue weighted by Gasteiger charge is -2.09. The van der Waals surface area contributed by atoms with E-state index in [1.165, 1.54) is 12.4 Å². The second-order valence-corrected chi connectivity index (χ2v) is 5.16. The maximum absolute atomic E-state index is 12.7. The van der Waals surface area contributed by atoms with E-state index in [2.05, 4.69) is 25.0 Å². The second kappa shape index (κ2) is 5.62. The van der Waals surface area contributed by atoms with E-state index in [1.54, 1.807) is 35.1 Å². The van der Waals surface area contributed by atoms with E-state index in [9.17, 15) is 13.2 Å². The van der Waals surface area contributed by atoms with Gasteiger partial charge in [-0.2, -0.15) is 27.8 Å². The van der Waals surface area contributed by atoms with Gasteiger partial charge in [-0.3, -0.25) is 9.97 Å². The van der Waals surface area contributed by atoms with E-state index >= 15 is 0 Å². The smallest absolute Gasteiger partial charge is 0.265 e. The number of hydrogen-bond donors (Lipinski definition) is 0. The van der Waals surface area contributed by atoms with Crippen molar-refractivity contribution < 1.29 is 13.2 Å². The molecule has 0 aliphatic carbocycles. The van der Waals surface area contributed by atoms with Crippen molar-refractivity contribution in [2.75, 3.05) is 0 Å². The SMILES string of the molecule is FC(F)(F)c1ccc(-c2cc(-c3ccncc3)n3ncnc3n2)cn1. The van der Waals surface area contributed by atoms with Gasteiger partial charge < -0.3 is 0 Å². The van der Waals surface area contributed by atoms with E-state index in [0.29, 0.717) is 22.7 Å². The van der Waals surface area contributed by atoms with Crippen LogP contribution in [0, 0.1) is 0 Å². The Morgan fingerprint density at radius 2 is 1.72 bits per heavy atom. The fraction of sp³-hybridized carbons (Fsp3) is 0.0625. The molecule has 0 fully saturated rings. The molecule has 4 aromatic heterocycles. The summed E-state index contributed by atoms with van der Waals surface area (Å²) in [5.74, 6) is 0.337. The number of rotatable bonds is 2. The molecule has 0 aliphatic heterocycles. The molecule has 25 heavy (non-hydrogen) atoms. The molecule has 0 aromatic carbocycles. The fourth-order valence-electron chi connectivity index (χ4n) is 2.40. The van der Waals surface area contributed by atoms with Gasteiger partial charge in [0.15, 0.2) is 0 Å². The first kappa shape index (κ1) is 15.2. The summed E-state index contributed by atoms with van der Waals surface area (Å²) in [5, 5.41) is 4.13. The molecular formula is C16H9F3N6. The summed E-state index contributed by atoms with van der Waals surface area (Å²) in [5.41, 5.74) is 1.48. The third-order valence-electron chi connectivity index (χ3n) is 3.58. The molecule has 0 saturated carbocycles. The van der Waals surface area contributed by atoms with Gasteiger partial charge in [0.1, 0.15) is 12.0 Å². The number of fused-ring (bicyclic) bond motifs is 1. The van der Waals surface area contributed by atoms with Crippen LogP contribution in [0.5, 0.6) is 0 Å². The van der Waals surface area contributed by atoms with Crippen molar-refractivity contribution in [2.24, 2.45) is 0 Å². The largest absolute Gasteiger partial charge is 0.433 e. The molecule has 0 amide bonds. The van der Waals surface area contributed by atoms with Crippen molar-refractivity contribution in [2.45, 2.75) is 6.18 Å². The minimum Gasteiger partial charge on any atom is -0.265 e. The average molecular weight is 342 g/mol. The number of nitrogens with zero attached hydrogens (tertiary/aromatic N) is 6. The first-order valence-electron chi connectivity index (χ1n) is 7.17. The van der Waals surface area contributed by atoms with Gasteiger partial charge in [0.25, 0.3) is 5.78 Å². The van der Waals surface area contributed by atoms with Crippen LogP contribution in [0.2, 0.25) is 0 Å². The van der Waals surface area contributed by atoms with Crippen LogP contribution in [0.4, 0.5) is 13.2 Å². The highest BCUT2D eigenvalue weighted by Gasteiger charge is 2.32. The molecule has 0 aliphatic rings. The Bertz CT molecular complexity index is 1030. The molecule has 4 aromatic rings. The van der Waals surface area contributed by atoms with Crippen LogP contribution >= 0.6 is 0 Å². The fourth-order valence-corrected chi connectivity index (χ4v) is 2.40. The normalized spacial score (nSPS) is 11.8. The molecule has 0 saturated heterocycles. The highest BCUT2D eigenvalue weighted by atomic mass is 19.4. The van der Waals surface area contributed by atoms with Gasteiger partial charge in [-0.1, -0.05) is 0 Å². The Labute approximate surface area is 139 Å². The lowest BCUT2D eigenvalue weighted by atomic mass is 10.1. The van der Waals surface area contributed by atoms with Crippen molar-refractivity contribution in [1.29, 1.82) is 0 Å². The molecular weight excluding hydrogens is 333 g/mol. The summed E-state index contributed by atoms with van der Waals surface area (Å²) in [4.78, 5) is 15.9. The predicted molar refractivity (Wildman–Crippen MR) is 82.2 cm³/mol. The van der Waals surface area contributed by atoms with Gasteiger partial charge in [0.2, 0.25) is 0 Å². The maximum atomic E-state index is 12.7. The Morgan fingerprint density at radius 3 is 2.40 bits per heavy atom. The predicted octanol–water partition coefficient (Wildman–Crippen LogP) is 3.27. The van der Waals surface area contributed by atoms with Crippen molar-refractivity contribution in [1.82, 2.24) is 29.5 Å². The number of hydrogen-bond acceptors (Lipinski definition) is 5. The topological polar surface area (TPSA) is 68.9 Å².